The number of nitrogens with one attached hydrogen (secondary N) is 1. The third-order valence-electron chi connectivity index (χ3n) is 2.39. The topological polar surface area (TPSA) is 47.6 Å². The first-order valence-corrected chi connectivity index (χ1v) is 7.49. The highest BCUT2D eigenvalue weighted by Gasteiger charge is 2.15. The van der Waals surface area contributed by atoms with Crippen molar-refractivity contribution in [3.63, 3.8) is 0 Å². The van der Waals surface area contributed by atoms with Crippen molar-refractivity contribution in [3.8, 4) is 17.6 Å². The summed E-state index contributed by atoms with van der Waals surface area (Å²) < 4.78 is 10.9. The van der Waals surface area contributed by atoms with E-state index in [1.165, 1.54) is 0 Å². The van der Waals surface area contributed by atoms with Gasteiger partial charge in [0.1, 0.15) is 11.4 Å². The number of benzene rings is 1. The molecule has 22 heavy (non-hydrogen) atoms. The molecule has 4 nitrogen and oxygen atoms in total. The zero-order valence-corrected chi connectivity index (χ0v) is 14.0. The number of hydrogen-bond donors (Lipinski definition) is 1. The van der Waals surface area contributed by atoms with Gasteiger partial charge in [-0.2, -0.15) is 0 Å². The molecular formula is C18H25NO3. The summed E-state index contributed by atoms with van der Waals surface area (Å²) in [6.45, 7) is 9.91. The number of rotatable bonds is 4. The van der Waals surface area contributed by atoms with Gasteiger partial charge < -0.3 is 14.8 Å². The summed E-state index contributed by atoms with van der Waals surface area (Å²) in [6.07, 6.45) is 0.240. The van der Waals surface area contributed by atoms with Gasteiger partial charge in [0, 0.05) is 13.0 Å². The fraction of sp³-hybridized carbons (Fsp3) is 0.500. The van der Waals surface area contributed by atoms with E-state index < -0.39 is 11.7 Å². The Balaban J connectivity index is 2.47. The van der Waals surface area contributed by atoms with Crippen LogP contribution in [0.1, 0.15) is 46.6 Å². The van der Waals surface area contributed by atoms with Crippen LogP contribution in [0.4, 0.5) is 4.79 Å². The second kappa shape index (κ2) is 8.33. The van der Waals surface area contributed by atoms with Crippen LogP contribution in [-0.2, 0) is 4.74 Å². The number of carbonyl (C=O) groups excluding carboxylic acids is 1. The van der Waals surface area contributed by atoms with Gasteiger partial charge in [-0.3, -0.25) is 0 Å². The Morgan fingerprint density at radius 3 is 2.59 bits per heavy atom. The number of hydrogen-bond acceptors (Lipinski definition) is 3. The largest absolute Gasteiger partial charge is 0.490 e. The summed E-state index contributed by atoms with van der Waals surface area (Å²) in [5, 5.41) is 2.68. The van der Waals surface area contributed by atoms with E-state index in [4.69, 9.17) is 9.47 Å². The molecule has 120 valence electrons. The maximum Gasteiger partial charge on any atom is 0.407 e. The van der Waals surface area contributed by atoms with Crippen molar-refractivity contribution in [2.45, 2.75) is 52.7 Å². The maximum atomic E-state index is 11.5. The highest BCUT2D eigenvalue weighted by atomic mass is 16.6. The second-order valence-corrected chi connectivity index (χ2v) is 6.14. The van der Waals surface area contributed by atoms with Crippen LogP contribution in [0.25, 0.3) is 0 Å². The van der Waals surface area contributed by atoms with Gasteiger partial charge in [-0.25, -0.2) is 4.79 Å². The zero-order chi connectivity index (χ0) is 16.6. The fourth-order valence-corrected chi connectivity index (χ4v) is 1.63. The smallest absolute Gasteiger partial charge is 0.407 e. The number of para-hydroxylation sites is 1. The van der Waals surface area contributed by atoms with E-state index in [1.807, 2.05) is 58.9 Å². The van der Waals surface area contributed by atoms with E-state index in [0.29, 0.717) is 13.0 Å². The van der Waals surface area contributed by atoms with Crippen LogP contribution in [0.5, 0.6) is 5.75 Å². The van der Waals surface area contributed by atoms with Crippen LogP contribution < -0.4 is 10.1 Å². The Kier molecular flexibility index (Phi) is 6.78. The molecule has 0 bridgehead atoms. The third kappa shape index (κ3) is 7.58. The molecular weight excluding hydrogens is 278 g/mol. The lowest BCUT2D eigenvalue weighted by Crippen LogP contribution is -2.32. The van der Waals surface area contributed by atoms with E-state index in [-0.39, 0.29) is 6.10 Å². The SMILES string of the molecule is CC(C)Oc1ccccc1C#CCCNC(=O)OC(C)(C)C. The molecule has 0 spiro atoms. The average Bonchev–Trinajstić information content (AvgIpc) is 2.37. The molecule has 0 radical (unpaired) electrons. The maximum absolute atomic E-state index is 11.5. The molecule has 1 aromatic carbocycles. The fourth-order valence-electron chi connectivity index (χ4n) is 1.63. The molecule has 0 fully saturated rings. The number of carbonyl (C=O) groups is 1. The molecule has 4 heteroatoms. The quantitative estimate of drug-likeness (QED) is 0.681. The minimum absolute atomic E-state index is 0.108. The van der Waals surface area contributed by atoms with Crippen LogP contribution >= 0.6 is 0 Å². The minimum atomic E-state index is -0.483. The minimum Gasteiger partial charge on any atom is -0.490 e. The van der Waals surface area contributed by atoms with Gasteiger partial charge in [0.05, 0.1) is 11.7 Å². The molecule has 0 aliphatic heterocycles. The Morgan fingerprint density at radius 2 is 1.95 bits per heavy atom. The molecule has 0 aromatic heterocycles. The summed E-state index contributed by atoms with van der Waals surface area (Å²) in [5.41, 5.74) is 0.372. The lowest BCUT2D eigenvalue weighted by molar-refractivity contribution is 0.0529. The zero-order valence-electron chi connectivity index (χ0n) is 14.0. The predicted molar refractivity (Wildman–Crippen MR) is 87.9 cm³/mol. The summed E-state index contributed by atoms with van der Waals surface area (Å²) >= 11 is 0. The lowest BCUT2D eigenvalue weighted by atomic mass is 10.2. The third-order valence-corrected chi connectivity index (χ3v) is 2.39. The van der Waals surface area contributed by atoms with Gasteiger partial charge in [0.25, 0.3) is 0 Å². The molecule has 1 amide bonds. The Hall–Kier alpha value is -2.15. The summed E-state index contributed by atoms with van der Waals surface area (Å²) in [4.78, 5) is 11.5. The normalized spacial score (nSPS) is 10.6. The van der Waals surface area contributed by atoms with Crippen molar-refractivity contribution >= 4 is 6.09 Å². The number of ether oxygens (including phenoxy) is 2. The number of alkyl carbamates (subject to hydrolysis) is 1. The van der Waals surface area contributed by atoms with Gasteiger partial charge in [0.2, 0.25) is 0 Å². The second-order valence-electron chi connectivity index (χ2n) is 6.14. The summed E-state index contributed by atoms with van der Waals surface area (Å²) in [7, 11) is 0. The highest BCUT2D eigenvalue weighted by Crippen LogP contribution is 2.18. The van der Waals surface area contributed by atoms with Crippen molar-refractivity contribution in [1.29, 1.82) is 0 Å². The molecule has 1 N–H and O–H groups in total. The van der Waals surface area contributed by atoms with Crippen LogP contribution in [0.15, 0.2) is 24.3 Å². The van der Waals surface area contributed by atoms with E-state index in [2.05, 4.69) is 17.2 Å². The molecule has 1 rings (SSSR count). The van der Waals surface area contributed by atoms with Gasteiger partial charge in [-0.05, 0) is 46.8 Å². The van der Waals surface area contributed by atoms with Crippen molar-refractivity contribution in [2.75, 3.05) is 6.54 Å². The Bertz CT molecular complexity index is 547. The molecule has 1 aromatic rings. The summed E-state index contributed by atoms with van der Waals surface area (Å²) in [6, 6.07) is 7.68. The van der Waals surface area contributed by atoms with Crippen LogP contribution in [0.2, 0.25) is 0 Å². The van der Waals surface area contributed by atoms with E-state index in [1.54, 1.807) is 0 Å². The average molecular weight is 303 g/mol. The van der Waals surface area contributed by atoms with Crippen molar-refractivity contribution in [3.05, 3.63) is 29.8 Å². The van der Waals surface area contributed by atoms with Crippen LogP contribution in [0.3, 0.4) is 0 Å². The first-order chi connectivity index (χ1) is 10.3. The molecule has 0 heterocycles. The van der Waals surface area contributed by atoms with Crippen LogP contribution in [-0.4, -0.2) is 24.3 Å². The van der Waals surface area contributed by atoms with Crippen molar-refractivity contribution in [2.24, 2.45) is 0 Å². The molecule has 0 saturated heterocycles. The van der Waals surface area contributed by atoms with Crippen molar-refractivity contribution < 1.29 is 14.3 Å². The van der Waals surface area contributed by atoms with Gasteiger partial charge >= 0.3 is 6.09 Å². The standard InChI is InChI=1S/C18H25NO3/c1-14(2)21-16-12-7-6-10-15(16)11-8-9-13-19-17(20)22-18(3,4)5/h6-7,10,12,14H,9,13H2,1-5H3,(H,19,20). The Morgan fingerprint density at radius 1 is 1.27 bits per heavy atom. The number of amides is 1. The molecule has 0 unspecified atom stereocenters. The molecule has 0 aliphatic carbocycles. The van der Waals surface area contributed by atoms with E-state index in [9.17, 15) is 4.79 Å². The molecule has 0 saturated carbocycles. The monoisotopic (exact) mass is 303 g/mol. The van der Waals surface area contributed by atoms with Gasteiger partial charge in [-0.15, -0.1) is 0 Å². The molecule has 0 aliphatic rings. The molecule has 0 atom stereocenters. The predicted octanol–water partition coefficient (Wildman–Crippen LogP) is 3.74. The van der Waals surface area contributed by atoms with E-state index in [0.717, 1.165) is 11.3 Å². The van der Waals surface area contributed by atoms with Gasteiger partial charge in [-0.1, -0.05) is 24.0 Å². The summed E-state index contributed by atoms with van der Waals surface area (Å²) in [5.74, 6) is 6.89. The lowest BCUT2D eigenvalue weighted by Gasteiger charge is -2.19. The van der Waals surface area contributed by atoms with Crippen LogP contribution in [0, 0.1) is 11.8 Å². The first kappa shape index (κ1) is 17.9. The highest BCUT2D eigenvalue weighted by molar-refractivity contribution is 5.67. The van der Waals surface area contributed by atoms with Gasteiger partial charge in [0.15, 0.2) is 0 Å². The first-order valence-electron chi connectivity index (χ1n) is 7.49. The van der Waals surface area contributed by atoms with E-state index >= 15 is 0 Å². The van der Waals surface area contributed by atoms with Crippen molar-refractivity contribution in [1.82, 2.24) is 5.32 Å². The Labute approximate surface area is 133 Å².